The van der Waals surface area contributed by atoms with Gasteiger partial charge in [0.1, 0.15) is 0 Å². The maximum absolute atomic E-state index is 12.0. The van der Waals surface area contributed by atoms with E-state index in [-0.39, 0.29) is 6.03 Å². The number of urea groups is 1. The molecule has 1 atom stereocenters. The zero-order valence-corrected chi connectivity index (χ0v) is 15.0. The van der Waals surface area contributed by atoms with Crippen molar-refractivity contribution >= 4 is 6.03 Å². The van der Waals surface area contributed by atoms with Crippen molar-refractivity contribution in [3.8, 4) is 0 Å². The average molecular weight is 341 g/mol. The third-order valence-corrected chi connectivity index (χ3v) is 4.72. The summed E-state index contributed by atoms with van der Waals surface area (Å²) in [5.41, 5.74) is 2.26. The summed E-state index contributed by atoms with van der Waals surface area (Å²) in [5.74, 6) is 0. The van der Waals surface area contributed by atoms with Crippen molar-refractivity contribution in [3.05, 3.63) is 53.9 Å². The molecule has 1 aliphatic carbocycles. The van der Waals surface area contributed by atoms with Crippen LogP contribution in [0.3, 0.4) is 0 Å². The number of amides is 2. The fraction of sp³-hybridized carbons (Fsp3) is 0.474. The number of aromatic nitrogens is 2. The molecule has 1 aromatic heterocycles. The molecule has 6 heteroatoms. The number of benzene rings is 1. The van der Waals surface area contributed by atoms with Gasteiger partial charge in [-0.05, 0) is 44.0 Å². The molecule has 2 aromatic rings. The third kappa shape index (κ3) is 5.32. The molecule has 25 heavy (non-hydrogen) atoms. The highest BCUT2D eigenvalue weighted by molar-refractivity contribution is 5.73. The number of likely N-dealkylation sites (N-methyl/N-ethyl adjacent to an activating group) is 1. The molecular weight excluding hydrogens is 314 g/mol. The fourth-order valence-electron chi connectivity index (χ4n) is 2.89. The van der Waals surface area contributed by atoms with Gasteiger partial charge in [0, 0.05) is 37.6 Å². The molecule has 3 rings (SSSR count). The van der Waals surface area contributed by atoms with Crippen LogP contribution in [0.15, 0.2) is 42.7 Å². The Hall–Kier alpha value is -2.34. The van der Waals surface area contributed by atoms with E-state index in [9.17, 15) is 4.79 Å². The molecule has 0 aliphatic heterocycles. The van der Waals surface area contributed by atoms with E-state index < -0.39 is 0 Å². The predicted octanol–water partition coefficient (Wildman–Crippen LogP) is 2.21. The molecule has 6 nitrogen and oxygen atoms in total. The van der Waals surface area contributed by atoms with E-state index in [0.29, 0.717) is 25.2 Å². The lowest BCUT2D eigenvalue weighted by molar-refractivity contribution is 0.222. The molecule has 0 saturated heterocycles. The van der Waals surface area contributed by atoms with Crippen molar-refractivity contribution in [1.82, 2.24) is 25.3 Å². The first-order valence-electron chi connectivity index (χ1n) is 8.90. The lowest BCUT2D eigenvalue weighted by atomic mass is 10.1. The maximum atomic E-state index is 12.0. The molecule has 1 saturated carbocycles. The Labute approximate surface area is 149 Å². The summed E-state index contributed by atoms with van der Waals surface area (Å²) in [6.45, 7) is 4.07. The van der Waals surface area contributed by atoms with E-state index in [1.807, 2.05) is 29.1 Å². The van der Waals surface area contributed by atoms with Crippen LogP contribution in [-0.4, -0.2) is 46.4 Å². The molecule has 0 spiro atoms. The Morgan fingerprint density at radius 2 is 2.12 bits per heavy atom. The molecule has 1 heterocycles. The highest BCUT2D eigenvalue weighted by Crippen LogP contribution is 2.26. The van der Waals surface area contributed by atoms with Crippen LogP contribution < -0.4 is 10.6 Å². The molecular formula is C19H27N5O. The van der Waals surface area contributed by atoms with E-state index in [1.54, 1.807) is 6.20 Å². The number of carbonyl (C=O) groups is 1. The SMILES string of the molecule is CC(CNC(=O)NCc1cccc(Cn2cccn2)c1)N(C)C1CC1. The summed E-state index contributed by atoms with van der Waals surface area (Å²) >= 11 is 0. The van der Waals surface area contributed by atoms with Gasteiger partial charge in [-0.25, -0.2) is 4.79 Å². The van der Waals surface area contributed by atoms with Crippen LogP contribution in [0.4, 0.5) is 4.79 Å². The number of nitrogens with one attached hydrogen (secondary N) is 2. The van der Waals surface area contributed by atoms with Crippen LogP contribution in [0.1, 0.15) is 30.9 Å². The first-order valence-corrected chi connectivity index (χ1v) is 8.90. The van der Waals surface area contributed by atoms with Crippen molar-refractivity contribution in [2.24, 2.45) is 0 Å². The molecule has 1 fully saturated rings. The number of hydrogen-bond donors (Lipinski definition) is 2. The minimum absolute atomic E-state index is 0.117. The number of hydrogen-bond acceptors (Lipinski definition) is 3. The van der Waals surface area contributed by atoms with Gasteiger partial charge >= 0.3 is 6.03 Å². The number of carbonyl (C=O) groups excluding carboxylic acids is 1. The first kappa shape index (κ1) is 17.5. The lowest BCUT2D eigenvalue weighted by Crippen LogP contribution is -2.44. The van der Waals surface area contributed by atoms with E-state index >= 15 is 0 Å². The molecule has 2 amide bonds. The van der Waals surface area contributed by atoms with Crippen molar-refractivity contribution < 1.29 is 4.79 Å². The normalized spacial score (nSPS) is 15.2. The summed E-state index contributed by atoms with van der Waals surface area (Å²) in [5, 5.41) is 10.1. The standard InChI is InChI=1S/C19H27N5O/c1-15(23(2)18-7-8-18)12-20-19(25)21-13-16-5-3-6-17(11-16)14-24-10-4-9-22-24/h3-6,9-11,15,18H,7-8,12-14H2,1-2H3,(H2,20,21,25). The second-order valence-corrected chi connectivity index (χ2v) is 6.83. The van der Waals surface area contributed by atoms with Gasteiger partial charge in [0.2, 0.25) is 0 Å². The smallest absolute Gasteiger partial charge is 0.315 e. The third-order valence-electron chi connectivity index (χ3n) is 4.72. The van der Waals surface area contributed by atoms with E-state index in [4.69, 9.17) is 0 Å². The van der Waals surface area contributed by atoms with Crippen LogP contribution in [0.25, 0.3) is 0 Å². The van der Waals surface area contributed by atoms with Gasteiger partial charge in [-0.15, -0.1) is 0 Å². The van der Waals surface area contributed by atoms with Gasteiger partial charge in [-0.3, -0.25) is 9.58 Å². The lowest BCUT2D eigenvalue weighted by Gasteiger charge is -2.24. The predicted molar refractivity (Wildman–Crippen MR) is 98.3 cm³/mol. The molecule has 134 valence electrons. The van der Waals surface area contributed by atoms with Gasteiger partial charge in [0.25, 0.3) is 0 Å². The Morgan fingerprint density at radius 3 is 2.84 bits per heavy atom. The van der Waals surface area contributed by atoms with E-state index in [1.165, 1.54) is 18.4 Å². The van der Waals surface area contributed by atoms with Gasteiger partial charge in [-0.2, -0.15) is 5.10 Å². The van der Waals surface area contributed by atoms with Crippen molar-refractivity contribution in [1.29, 1.82) is 0 Å². The Kier molecular flexibility index (Phi) is 5.71. The van der Waals surface area contributed by atoms with Crippen molar-refractivity contribution in [3.63, 3.8) is 0 Å². The molecule has 0 radical (unpaired) electrons. The summed E-state index contributed by atoms with van der Waals surface area (Å²) in [7, 11) is 2.13. The minimum Gasteiger partial charge on any atom is -0.337 e. The van der Waals surface area contributed by atoms with Crippen molar-refractivity contribution in [2.45, 2.75) is 44.9 Å². The quantitative estimate of drug-likeness (QED) is 0.774. The maximum Gasteiger partial charge on any atom is 0.315 e. The Bertz CT molecular complexity index is 681. The fourth-order valence-corrected chi connectivity index (χ4v) is 2.89. The molecule has 1 unspecified atom stereocenters. The molecule has 1 aliphatic rings. The Balaban J connectivity index is 1.42. The van der Waals surface area contributed by atoms with Crippen LogP contribution in [0, 0.1) is 0 Å². The van der Waals surface area contributed by atoms with E-state index in [2.05, 4.69) is 46.7 Å². The van der Waals surface area contributed by atoms with Crippen molar-refractivity contribution in [2.75, 3.05) is 13.6 Å². The summed E-state index contributed by atoms with van der Waals surface area (Å²) < 4.78 is 1.89. The second-order valence-electron chi connectivity index (χ2n) is 6.83. The van der Waals surface area contributed by atoms with Crippen LogP contribution in [-0.2, 0) is 13.1 Å². The Morgan fingerprint density at radius 1 is 1.32 bits per heavy atom. The van der Waals surface area contributed by atoms with Crippen LogP contribution in [0.2, 0.25) is 0 Å². The average Bonchev–Trinajstić information content (AvgIpc) is 3.35. The van der Waals surface area contributed by atoms with Gasteiger partial charge in [-0.1, -0.05) is 24.3 Å². The topological polar surface area (TPSA) is 62.2 Å². The van der Waals surface area contributed by atoms with Gasteiger partial charge in [0.05, 0.1) is 6.54 Å². The summed E-state index contributed by atoms with van der Waals surface area (Å²) in [6.07, 6.45) is 6.28. The highest BCUT2D eigenvalue weighted by atomic mass is 16.2. The van der Waals surface area contributed by atoms with Gasteiger partial charge < -0.3 is 10.6 Å². The largest absolute Gasteiger partial charge is 0.337 e. The number of rotatable bonds is 8. The highest BCUT2D eigenvalue weighted by Gasteiger charge is 2.29. The molecule has 2 N–H and O–H groups in total. The molecule has 1 aromatic carbocycles. The molecule has 0 bridgehead atoms. The summed E-state index contributed by atoms with van der Waals surface area (Å²) in [6, 6.07) is 11.1. The zero-order valence-electron chi connectivity index (χ0n) is 15.0. The van der Waals surface area contributed by atoms with Crippen LogP contribution >= 0.6 is 0 Å². The second kappa shape index (κ2) is 8.16. The zero-order chi connectivity index (χ0) is 17.6. The summed E-state index contributed by atoms with van der Waals surface area (Å²) in [4.78, 5) is 14.4. The van der Waals surface area contributed by atoms with Gasteiger partial charge in [0.15, 0.2) is 0 Å². The monoisotopic (exact) mass is 341 g/mol. The van der Waals surface area contributed by atoms with Crippen LogP contribution in [0.5, 0.6) is 0 Å². The first-order chi connectivity index (χ1) is 12.1. The van der Waals surface area contributed by atoms with E-state index in [0.717, 1.165) is 12.1 Å². The number of nitrogens with zero attached hydrogens (tertiary/aromatic N) is 3. The minimum atomic E-state index is -0.117.